The second-order valence-electron chi connectivity index (χ2n) is 6.67. The van der Waals surface area contributed by atoms with Crippen LogP contribution in [0.3, 0.4) is 0 Å². The minimum Gasteiger partial charge on any atom is -0.345 e. The van der Waals surface area contributed by atoms with E-state index in [2.05, 4.69) is 32.2 Å². The van der Waals surface area contributed by atoms with Crippen LogP contribution in [0.15, 0.2) is 59.9 Å². The summed E-state index contributed by atoms with van der Waals surface area (Å²) in [6.07, 6.45) is 8.55. The highest BCUT2D eigenvalue weighted by Gasteiger charge is 2.26. The van der Waals surface area contributed by atoms with E-state index in [4.69, 9.17) is 0 Å². The van der Waals surface area contributed by atoms with Gasteiger partial charge >= 0.3 is 0 Å². The smallest absolute Gasteiger partial charge is 0.254 e. The molecular formula is C21H22N4OS. The average Bonchev–Trinajstić information content (AvgIpc) is 3.12. The Bertz CT molecular complexity index is 938. The Hall–Kier alpha value is -2.60. The maximum Gasteiger partial charge on any atom is 0.254 e. The molecule has 1 aromatic carbocycles. The number of nitrogens with zero attached hydrogens (tertiary/aromatic N) is 3. The van der Waals surface area contributed by atoms with Gasteiger partial charge in [0.2, 0.25) is 0 Å². The third-order valence-electron chi connectivity index (χ3n) is 4.95. The van der Waals surface area contributed by atoms with Crippen LogP contribution in [-0.4, -0.2) is 26.9 Å². The van der Waals surface area contributed by atoms with Crippen LogP contribution in [0.25, 0.3) is 0 Å². The SMILES string of the molecule is CSc1ncccc1C(=O)NC1CCCc2c1cnn2Cc1ccccc1. The van der Waals surface area contributed by atoms with E-state index in [1.807, 2.05) is 36.7 Å². The maximum atomic E-state index is 12.8. The quantitative estimate of drug-likeness (QED) is 0.685. The number of fused-ring (bicyclic) bond motifs is 1. The van der Waals surface area contributed by atoms with E-state index in [0.717, 1.165) is 36.4 Å². The fourth-order valence-electron chi connectivity index (χ4n) is 3.62. The first-order valence-corrected chi connectivity index (χ1v) is 10.4. The number of hydrogen-bond donors (Lipinski definition) is 1. The number of carbonyl (C=O) groups is 1. The summed E-state index contributed by atoms with van der Waals surface area (Å²) in [4.78, 5) is 17.1. The van der Waals surface area contributed by atoms with Gasteiger partial charge in [0, 0.05) is 17.5 Å². The lowest BCUT2D eigenvalue weighted by molar-refractivity contribution is 0.0929. The number of hydrogen-bond acceptors (Lipinski definition) is 4. The van der Waals surface area contributed by atoms with Crippen LogP contribution in [0.2, 0.25) is 0 Å². The molecule has 1 unspecified atom stereocenters. The predicted octanol–water partition coefficient (Wildman–Crippen LogP) is 3.86. The number of thioether (sulfide) groups is 1. The number of benzene rings is 1. The van der Waals surface area contributed by atoms with Gasteiger partial charge in [-0.25, -0.2) is 4.98 Å². The normalized spacial score (nSPS) is 16.0. The molecule has 0 spiro atoms. The van der Waals surface area contributed by atoms with Crippen molar-refractivity contribution in [1.29, 1.82) is 0 Å². The third kappa shape index (κ3) is 3.76. The molecule has 6 heteroatoms. The molecule has 138 valence electrons. The molecule has 1 N–H and O–H groups in total. The fraction of sp³-hybridized carbons (Fsp3) is 0.286. The molecule has 5 nitrogen and oxygen atoms in total. The molecule has 2 heterocycles. The molecule has 2 aromatic heterocycles. The van der Waals surface area contributed by atoms with E-state index in [-0.39, 0.29) is 11.9 Å². The van der Waals surface area contributed by atoms with Gasteiger partial charge in [0.1, 0.15) is 5.03 Å². The van der Waals surface area contributed by atoms with Crippen LogP contribution < -0.4 is 5.32 Å². The van der Waals surface area contributed by atoms with Crippen molar-refractivity contribution in [2.24, 2.45) is 0 Å². The maximum absolute atomic E-state index is 12.8. The number of carbonyl (C=O) groups excluding carboxylic acids is 1. The number of aromatic nitrogens is 3. The van der Waals surface area contributed by atoms with E-state index < -0.39 is 0 Å². The Labute approximate surface area is 163 Å². The highest BCUT2D eigenvalue weighted by molar-refractivity contribution is 7.98. The first-order valence-electron chi connectivity index (χ1n) is 9.14. The van der Waals surface area contributed by atoms with Crippen molar-refractivity contribution in [2.45, 2.75) is 36.9 Å². The minimum absolute atomic E-state index is 0.000635. The summed E-state index contributed by atoms with van der Waals surface area (Å²) in [7, 11) is 0. The molecule has 3 aromatic rings. The van der Waals surface area contributed by atoms with Crippen LogP contribution >= 0.6 is 11.8 Å². The Morgan fingerprint density at radius 2 is 2.11 bits per heavy atom. The van der Waals surface area contributed by atoms with Crippen LogP contribution in [-0.2, 0) is 13.0 Å². The molecule has 0 saturated heterocycles. The summed E-state index contributed by atoms with van der Waals surface area (Å²) in [5.74, 6) is -0.0684. The summed E-state index contributed by atoms with van der Waals surface area (Å²) in [5.41, 5.74) is 4.23. The van der Waals surface area contributed by atoms with Crippen LogP contribution in [0.5, 0.6) is 0 Å². The lowest BCUT2D eigenvalue weighted by Gasteiger charge is -2.24. The zero-order valence-corrected chi connectivity index (χ0v) is 16.1. The average molecular weight is 379 g/mol. The highest BCUT2D eigenvalue weighted by Crippen LogP contribution is 2.30. The van der Waals surface area contributed by atoms with Crippen LogP contribution in [0, 0.1) is 0 Å². The van der Waals surface area contributed by atoms with Crippen LogP contribution in [0.1, 0.15) is 46.1 Å². The summed E-state index contributed by atoms with van der Waals surface area (Å²) < 4.78 is 2.07. The van der Waals surface area contributed by atoms with Crippen molar-refractivity contribution in [2.75, 3.05) is 6.26 Å². The molecule has 0 saturated carbocycles. The Morgan fingerprint density at radius 3 is 2.93 bits per heavy atom. The molecule has 27 heavy (non-hydrogen) atoms. The second kappa shape index (κ2) is 7.96. The summed E-state index contributed by atoms with van der Waals surface area (Å²) in [6.45, 7) is 0.760. The zero-order chi connectivity index (χ0) is 18.6. The van der Waals surface area contributed by atoms with Crippen molar-refractivity contribution >= 4 is 17.7 Å². The van der Waals surface area contributed by atoms with Crippen molar-refractivity contribution < 1.29 is 4.79 Å². The van der Waals surface area contributed by atoms with Crippen LogP contribution in [0.4, 0.5) is 0 Å². The first kappa shape index (κ1) is 17.8. The van der Waals surface area contributed by atoms with E-state index in [0.29, 0.717) is 5.56 Å². The second-order valence-corrected chi connectivity index (χ2v) is 7.46. The van der Waals surface area contributed by atoms with E-state index >= 15 is 0 Å². The Morgan fingerprint density at radius 1 is 1.26 bits per heavy atom. The molecule has 0 bridgehead atoms. The van der Waals surface area contributed by atoms with Gasteiger partial charge in [0.05, 0.1) is 24.3 Å². The molecule has 0 aliphatic heterocycles. The van der Waals surface area contributed by atoms with E-state index in [9.17, 15) is 4.79 Å². The standard InChI is InChI=1S/C21H22N4OS/c1-27-21-16(9-6-12-22-21)20(26)24-18-10-5-11-19-17(18)13-23-25(19)14-15-7-3-2-4-8-15/h2-4,6-9,12-13,18H,5,10-11,14H2,1H3,(H,24,26). The number of rotatable bonds is 5. The Kier molecular flexibility index (Phi) is 5.25. The van der Waals surface area contributed by atoms with Crippen molar-refractivity contribution in [1.82, 2.24) is 20.1 Å². The van der Waals surface area contributed by atoms with Gasteiger partial charge in [-0.3, -0.25) is 9.48 Å². The van der Waals surface area contributed by atoms with Gasteiger partial charge in [-0.05, 0) is 43.2 Å². The summed E-state index contributed by atoms with van der Waals surface area (Å²) in [5, 5.41) is 8.56. The molecule has 0 radical (unpaired) electrons. The van der Waals surface area contributed by atoms with Gasteiger partial charge in [0.25, 0.3) is 5.91 Å². The van der Waals surface area contributed by atoms with Crippen molar-refractivity contribution in [3.63, 3.8) is 0 Å². The van der Waals surface area contributed by atoms with Gasteiger partial charge in [0.15, 0.2) is 0 Å². The number of pyridine rings is 1. The van der Waals surface area contributed by atoms with Gasteiger partial charge in [-0.1, -0.05) is 30.3 Å². The van der Waals surface area contributed by atoms with Crippen molar-refractivity contribution in [3.05, 3.63) is 77.2 Å². The fourth-order valence-corrected chi connectivity index (χ4v) is 4.17. The number of nitrogens with one attached hydrogen (secondary N) is 1. The van der Waals surface area contributed by atoms with Gasteiger partial charge < -0.3 is 5.32 Å². The minimum atomic E-state index is -0.0684. The van der Waals surface area contributed by atoms with Gasteiger partial charge in [-0.15, -0.1) is 11.8 Å². The lowest BCUT2D eigenvalue weighted by atomic mass is 9.92. The summed E-state index contributed by atoms with van der Waals surface area (Å²) in [6, 6.07) is 14.0. The highest BCUT2D eigenvalue weighted by atomic mass is 32.2. The molecule has 1 amide bonds. The third-order valence-corrected chi connectivity index (χ3v) is 5.66. The number of amides is 1. The monoisotopic (exact) mass is 378 g/mol. The zero-order valence-electron chi connectivity index (χ0n) is 15.3. The Balaban J connectivity index is 1.54. The molecule has 1 aliphatic rings. The van der Waals surface area contributed by atoms with Crippen molar-refractivity contribution in [3.8, 4) is 0 Å². The van der Waals surface area contributed by atoms with E-state index in [1.165, 1.54) is 23.0 Å². The molecule has 1 aliphatic carbocycles. The predicted molar refractivity (Wildman–Crippen MR) is 107 cm³/mol. The molecular weight excluding hydrogens is 356 g/mol. The van der Waals surface area contributed by atoms with E-state index in [1.54, 1.807) is 12.3 Å². The lowest BCUT2D eigenvalue weighted by Crippen LogP contribution is -2.31. The molecule has 4 rings (SSSR count). The first-order chi connectivity index (χ1) is 13.3. The molecule has 1 atom stereocenters. The summed E-state index contributed by atoms with van der Waals surface area (Å²) >= 11 is 1.49. The largest absolute Gasteiger partial charge is 0.345 e. The topological polar surface area (TPSA) is 59.8 Å². The molecule has 0 fully saturated rings. The van der Waals surface area contributed by atoms with Gasteiger partial charge in [-0.2, -0.15) is 5.10 Å².